The van der Waals surface area contributed by atoms with E-state index < -0.39 is 53.7 Å². The van der Waals surface area contributed by atoms with Crippen LogP contribution in [0.5, 0.6) is 0 Å². The Morgan fingerprint density at radius 1 is 0.639 bits per heavy atom. The molecule has 9 nitrogen and oxygen atoms in total. The van der Waals surface area contributed by atoms with Gasteiger partial charge in [0.1, 0.15) is 18.1 Å². The summed E-state index contributed by atoms with van der Waals surface area (Å²) in [5.41, 5.74) is -0.691. The Kier molecular flexibility index (Phi) is 16.5. The molecule has 0 saturated carbocycles. The van der Waals surface area contributed by atoms with Crippen LogP contribution in [0, 0.1) is 0 Å². The van der Waals surface area contributed by atoms with E-state index in [-0.39, 0.29) is 6.61 Å². The van der Waals surface area contributed by atoms with Gasteiger partial charge in [0.2, 0.25) is 0 Å². The first-order valence-corrected chi connectivity index (χ1v) is 14.1. The van der Waals surface area contributed by atoms with Gasteiger partial charge < -0.3 is 23.7 Å². The van der Waals surface area contributed by atoms with E-state index in [1.807, 2.05) is 0 Å². The molecule has 0 aromatic carbocycles. The third kappa shape index (κ3) is 13.5. The van der Waals surface area contributed by atoms with Crippen molar-refractivity contribution in [1.29, 1.82) is 0 Å². The van der Waals surface area contributed by atoms with Crippen LogP contribution in [0.15, 0.2) is 0 Å². The summed E-state index contributed by atoms with van der Waals surface area (Å²) in [6.07, 6.45) is 8.08. The fraction of sp³-hybridized carbons (Fsp3) is 0.846. The second-order valence-electron chi connectivity index (χ2n) is 9.12. The van der Waals surface area contributed by atoms with Gasteiger partial charge >= 0.3 is 23.9 Å². The Bertz CT molecular complexity index is 684. The minimum absolute atomic E-state index is 0.201. The topological polar surface area (TPSA) is 114 Å². The molecule has 0 aromatic heterocycles. The number of carbonyl (C=O) groups excluding carboxylic acids is 4. The molecular formula is C26H44O9S. The molecule has 1 aliphatic rings. The van der Waals surface area contributed by atoms with E-state index in [0.717, 1.165) is 25.0 Å². The van der Waals surface area contributed by atoms with E-state index in [9.17, 15) is 19.2 Å². The fourth-order valence-corrected chi connectivity index (χ4v) is 5.34. The molecule has 0 bridgehead atoms. The minimum Gasteiger partial charge on any atom is -0.463 e. The first-order chi connectivity index (χ1) is 17.1. The molecule has 10 heteroatoms. The Balaban J connectivity index is 2.77. The lowest BCUT2D eigenvalue weighted by molar-refractivity contribution is -0.237. The van der Waals surface area contributed by atoms with Gasteiger partial charge in [-0.05, 0) is 12.2 Å². The number of thioether (sulfide) groups is 1. The van der Waals surface area contributed by atoms with Crippen molar-refractivity contribution in [3.05, 3.63) is 0 Å². The highest BCUT2D eigenvalue weighted by Gasteiger charge is 2.52. The Morgan fingerprint density at radius 3 is 1.61 bits per heavy atom. The van der Waals surface area contributed by atoms with Gasteiger partial charge in [0.05, 0.1) is 0 Å². The minimum atomic E-state index is -1.11. The molecule has 5 atom stereocenters. The average Bonchev–Trinajstić information content (AvgIpc) is 2.78. The van der Waals surface area contributed by atoms with Gasteiger partial charge in [-0.3, -0.25) is 19.2 Å². The third-order valence-corrected chi connectivity index (χ3v) is 6.96. The van der Waals surface area contributed by atoms with E-state index in [1.54, 1.807) is 0 Å². The molecule has 0 amide bonds. The van der Waals surface area contributed by atoms with Crippen molar-refractivity contribution in [2.45, 2.75) is 129 Å². The van der Waals surface area contributed by atoms with Crippen molar-refractivity contribution in [3.8, 4) is 0 Å². The quantitative estimate of drug-likeness (QED) is 0.148. The molecule has 0 radical (unpaired) electrons. The predicted octanol–water partition coefficient (Wildman–Crippen LogP) is 4.72. The maximum atomic E-state index is 11.9. The van der Waals surface area contributed by atoms with E-state index >= 15 is 0 Å². The van der Waals surface area contributed by atoms with Crippen molar-refractivity contribution in [3.63, 3.8) is 0 Å². The lowest BCUT2D eigenvalue weighted by Crippen LogP contribution is -2.61. The molecule has 1 fully saturated rings. The van der Waals surface area contributed by atoms with Gasteiger partial charge in [-0.1, -0.05) is 64.7 Å². The molecule has 36 heavy (non-hydrogen) atoms. The van der Waals surface area contributed by atoms with Gasteiger partial charge in [0, 0.05) is 27.7 Å². The maximum absolute atomic E-state index is 11.9. The second kappa shape index (κ2) is 18.4. The van der Waals surface area contributed by atoms with Gasteiger partial charge in [-0.2, -0.15) is 0 Å². The van der Waals surface area contributed by atoms with E-state index in [4.69, 9.17) is 23.7 Å². The highest BCUT2D eigenvalue weighted by atomic mass is 32.2. The largest absolute Gasteiger partial charge is 0.463 e. The molecule has 1 unspecified atom stereocenters. The van der Waals surface area contributed by atoms with Crippen LogP contribution in [0.25, 0.3) is 0 Å². The highest BCUT2D eigenvalue weighted by Crippen LogP contribution is 2.34. The number of hydrogen-bond acceptors (Lipinski definition) is 10. The van der Waals surface area contributed by atoms with E-state index in [2.05, 4.69) is 6.92 Å². The van der Waals surface area contributed by atoms with Crippen molar-refractivity contribution in [1.82, 2.24) is 0 Å². The van der Waals surface area contributed by atoms with Crippen LogP contribution >= 0.6 is 11.8 Å². The summed E-state index contributed by atoms with van der Waals surface area (Å²) in [5.74, 6) is -1.62. The van der Waals surface area contributed by atoms with E-state index in [0.29, 0.717) is 0 Å². The summed E-state index contributed by atoms with van der Waals surface area (Å²) in [6.45, 7) is 6.96. The average molecular weight is 533 g/mol. The summed E-state index contributed by atoms with van der Waals surface area (Å²) in [4.78, 5) is 46.9. The number of rotatable bonds is 17. The first-order valence-electron chi connectivity index (χ1n) is 13.1. The molecule has 0 aliphatic carbocycles. The first kappa shape index (κ1) is 32.2. The molecule has 0 N–H and O–H groups in total. The second-order valence-corrected chi connectivity index (χ2v) is 10.3. The number of unbranched alkanes of at least 4 members (excludes halogenated alkanes) is 9. The monoisotopic (exact) mass is 532 g/mol. The molecule has 1 heterocycles. The van der Waals surface area contributed by atoms with Crippen LogP contribution in [-0.2, 0) is 42.9 Å². The third-order valence-electron chi connectivity index (χ3n) is 5.73. The molecule has 208 valence electrons. The van der Waals surface area contributed by atoms with Gasteiger partial charge in [0.15, 0.2) is 18.3 Å². The molecule has 1 aliphatic heterocycles. The Labute approximate surface area is 219 Å². The number of esters is 4. The molecular weight excluding hydrogens is 488 g/mol. The smallest absolute Gasteiger partial charge is 0.303 e. The lowest BCUT2D eigenvalue weighted by Gasteiger charge is -2.44. The van der Waals surface area contributed by atoms with Crippen molar-refractivity contribution < 1.29 is 42.9 Å². The SMILES string of the molecule is CCCCCCCCCCCCSC1O[C@H](COC(C)=O)[C@@H](OC(C)=O)[C@H](OC(C)=O)[C@H]1OC(C)=O. The van der Waals surface area contributed by atoms with Gasteiger partial charge in [-0.15, -0.1) is 11.8 Å². The van der Waals surface area contributed by atoms with Crippen LogP contribution in [0.4, 0.5) is 0 Å². The Hall–Kier alpha value is -1.81. The number of carbonyl (C=O) groups is 4. The van der Waals surface area contributed by atoms with Crippen LogP contribution in [0.1, 0.15) is 98.8 Å². The van der Waals surface area contributed by atoms with Gasteiger partial charge in [-0.25, -0.2) is 0 Å². The summed E-state index contributed by atoms with van der Waals surface area (Å²) in [7, 11) is 0. The highest BCUT2D eigenvalue weighted by molar-refractivity contribution is 7.99. The van der Waals surface area contributed by atoms with Crippen LogP contribution < -0.4 is 0 Å². The number of ether oxygens (including phenoxy) is 5. The summed E-state index contributed by atoms with van der Waals surface area (Å²) < 4.78 is 27.6. The number of hydrogen-bond donors (Lipinski definition) is 0. The summed E-state index contributed by atoms with van der Waals surface area (Å²) in [6, 6.07) is 0. The van der Waals surface area contributed by atoms with Gasteiger partial charge in [0.25, 0.3) is 0 Å². The standard InChI is InChI=1S/C26H44O9S/c1-6-7-8-9-10-11-12-13-14-15-16-36-26-25(34-21(5)30)24(33-20(4)29)23(32-19(3)28)22(35-26)17-31-18(2)27/h22-26H,6-17H2,1-5H3/t22-,23-,24+,25-,26?/m1/s1. The van der Waals surface area contributed by atoms with Crippen LogP contribution in [0.3, 0.4) is 0 Å². The normalized spacial score (nSPS) is 23.5. The molecule has 0 aromatic rings. The zero-order valence-electron chi connectivity index (χ0n) is 22.5. The van der Waals surface area contributed by atoms with Crippen LogP contribution in [0.2, 0.25) is 0 Å². The zero-order chi connectivity index (χ0) is 26.9. The van der Waals surface area contributed by atoms with Crippen molar-refractivity contribution in [2.75, 3.05) is 12.4 Å². The molecule has 1 rings (SSSR count). The van der Waals surface area contributed by atoms with Crippen molar-refractivity contribution >= 4 is 35.6 Å². The summed E-state index contributed by atoms with van der Waals surface area (Å²) in [5, 5.41) is 0. The molecule has 1 saturated heterocycles. The predicted molar refractivity (Wildman–Crippen MR) is 136 cm³/mol. The zero-order valence-corrected chi connectivity index (χ0v) is 23.3. The van der Waals surface area contributed by atoms with Crippen molar-refractivity contribution in [2.24, 2.45) is 0 Å². The van der Waals surface area contributed by atoms with Crippen LogP contribution in [-0.4, -0.2) is 66.1 Å². The fourth-order valence-electron chi connectivity index (χ4n) is 4.11. The maximum Gasteiger partial charge on any atom is 0.303 e. The molecule has 0 spiro atoms. The Morgan fingerprint density at radius 2 is 1.11 bits per heavy atom. The van der Waals surface area contributed by atoms with E-state index in [1.165, 1.54) is 84.4 Å². The lowest BCUT2D eigenvalue weighted by atomic mass is 9.99. The summed E-state index contributed by atoms with van der Waals surface area (Å²) >= 11 is 1.44.